The predicted octanol–water partition coefficient (Wildman–Crippen LogP) is 2.03. The lowest BCUT2D eigenvalue weighted by atomic mass is 9.97. The van der Waals surface area contributed by atoms with Gasteiger partial charge < -0.3 is 5.11 Å². The van der Waals surface area contributed by atoms with E-state index in [4.69, 9.17) is 0 Å². The SMILES string of the molecule is C[C@@H]1C[C@H](c2ccccc2)CN1C[C@H](O)Cn1cc([N+](=O)[O-])cn1. The first-order valence-corrected chi connectivity index (χ1v) is 8.17. The van der Waals surface area contributed by atoms with Gasteiger partial charge in [0.05, 0.1) is 17.6 Å². The van der Waals surface area contributed by atoms with Crippen molar-refractivity contribution in [3.8, 4) is 0 Å². The molecule has 1 aromatic heterocycles. The number of nitro groups is 1. The van der Waals surface area contributed by atoms with Crippen molar-refractivity contribution in [3.05, 3.63) is 58.4 Å². The molecule has 1 aliphatic heterocycles. The van der Waals surface area contributed by atoms with Crippen LogP contribution in [0.25, 0.3) is 0 Å². The minimum absolute atomic E-state index is 0.0547. The van der Waals surface area contributed by atoms with Crippen LogP contribution in [0.3, 0.4) is 0 Å². The Bertz CT molecular complexity index is 688. The Hall–Kier alpha value is -2.25. The Labute approximate surface area is 140 Å². The van der Waals surface area contributed by atoms with Gasteiger partial charge in [-0.1, -0.05) is 30.3 Å². The molecule has 0 amide bonds. The van der Waals surface area contributed by atoms with Crippen molar-refractivity contribution in [1.82, 2.24) is 14.7 Å². The quantitative estimate of drug-likeness (QED) is 0.647. The van der Waals surface area contributed by atoms with Gasteiger partial charge in [0.25, 0.3) is 0 Å². The molecule has 0 radical (unpaired) electrons. The van der Waals surface area contributed by atoms with Crippen LogP contribution in [-0.4, -0.2) is 49.9 Å². The summed E-state index contributed by atoms with van der Waals surface area (Å²) in [6.07, 6.45) is 3.02. The summed E-state index contributed by atoms with van der Waals surface area (Å²) in [4.78, 5) is 12.5. The molecule has 3 atom stereocenters. The van der Waals surface area contributed by atoms with Crippen LogP contribution in [0.5, 0.6) is 0 Å². The van der Waals surface area contributed by atoms with Gasteiger partial charge in [0, 0.05) is 19.1 Å². The molecule has 1 N–H and O–H groups in total. The van der Waals surface area contributed by atoms with Crippen molar-refractivity contribution in [2.24, 2.45) is 0 Å². The first kappa shape index (κ1) is 16.6. The molecule has 7 nitrogen and oxygen atoms in total. The lowest BCUT2D eigenvalue weighted by Gasteiger charge is -2.24. The molecule has 128 valence electrons. The Morgan fingerprint density at radius 1 is 1.38 bits per heavy atom. The molecule has 0 saturated carbocycles. The van der Waals surface area contributed by atoms with E-state index >= 15 is 0 Å². The molecule has 2 heterocycles. The highest BCUT2D eigenvalue weighted by Gasteiger charge is 2.31. The van der Waals surface area contributed by atoms with Gasteiger partial charge in [-0.05, 0) is 24.8 Å². The van der Waals surface area contributed by atoms with Gasteiger partial charge in [0.1, 0.15) is 12.4 Å². The van der Waals surface area contributed by atoms with Gasteiger partial charge in [0.15, 0.2) is 0 Å². The number of aliphatic hydroxyl groups is 1. The molecule has 0 spiro atoms. The van der Waals surface area contributed by atoms with E-state index in [0.29, 0.717) is 18.5 Å². The highest BCUT2D eigenvalue weighted by atomic mass is 16.6. The Morgan fingerprint density at radius 3 is 2.79 bits per heavy atom. The van der Waals surface area contributed by atoms with Crippen LogP contribution in [-0.2, 0) is 6.54 Å². The first-order chi connectivity index (χ1) is 11.5. The third-order valence-electron chi connectivity index (χ3n) is 4.65. The molecular weight excluding hydrogens is 308 g/mol. The lowest BCUT2D eigenvalue weighted by Crippen LogP contribution is -2.37. The average molecular weight is 330 g/mol. The normalized spacial score (nSPS) is 22.6. The van der Waals surface area contributed by atoms with Crippen LogP contribution < -0.4 is 0 Å². The maximum absolute atomic E-state index is 10.7. The van der Waals surface area contributed by atoms with E-state index in [1.165, 1.54) is 22.6 Å². The Kier molecular flexibility index (Phi) is 4.92. The summed E-state index contributed by atoms with van der Waals surface area (Å²) in [5, 5.41) is 24.9. The zero-order chi connectivity index (χ0) is 17.1. The molecule has 1 fully saturated rings. The standard InChI is InChI=1S/C17H22N4O3/c1-13-7-15(14-5-3-2-4-6-14)9-19(13)11-17(22)12-20-10-16(8-18-20)21(23)24/h2-6,8,10,13,15,17,22H,7,9,11-12H2,1H3/t13-,15+,17+/m1/s1. The predicted molar refractivity (Wildman–Crippen MR) is 89.7 cm³/mol. The molecule has 0 aliphatic carbocycles. The molecule has 7 heteroatoms. The number of nitrogens with zero attached hydrogens (tertiary/aromatic N) is 4. The number of hydrogen-bond acceptors (Lipinski definition) is 5. The maximum Gasteiger partial charge on any atom is 0.306 e. The van der Waals surface area contributed by atoms with Gasteiger partial charge in [-0.2, -0.15) is 5.10 Å². The average Bonchev–Trinajstić information content (AvgIpc) is 3.16. The summed E-state index contributed by atoms with van der Waals surface area (Å²) in [7, 11) is 0. The molecular formula is C17H22N4O3. The second-order valence-electron chi connectivity index (χ2n) is 6.48. The number of β-amino-alcohol motifs (C(OH)–C–C–N with tert-alkyl or cyclic N) is 1. The molecule has 24 heavy (non-hydrogen) atoms. The number of aromatic nitrogens is 2. The molecule has 0 bridgehead atoms. The molecule has 3 rings (SSSR count). The molecule has 0 unspecified atom stereocenters. The largest absolute Gasteiger partial charge is 0.390 e. The lowest BCUT2D eigenvalue weighted by molar-refractivity contribution is -0.385. The molecule has 2 aromatic rings. The van der Waals surface area contributed by atoms with Gasteiger partial charge in [-0.3, -0.25) is 19.7 Å². The minimum Gasteiger partial charge on any atom is -0.390 e. The summed E-state index contributed by atoms with van der Waals surface area (Å²) < 4.78 is 1.43. The monoisotopic (exact) mass is 330 g/mol. The van der Waals surface area contributed by atoms with Gasteiger partial charge in [0.2, 0.25) is 0 Å². The molecule has 1 saturated heterocycles. The fourth-order valence-electron chi connectivity index (χ4n) is 3.41. The van der Waals surface area contributed by atoms with Crippen molar-refractivity contribution in [2.45, 2.75) is 38.0 Å². The van der Waals surface area contributed by atoms with E-state index in [9.17, 15) is 15.2 Å². The van der Waals surface area contributed by atoms with E-state index in [0.717, 1.165) is 13.0 Å². The Morgan fingerprint density at radius 2 is 2.12 bits per heavy atom. The van der Waals surface area contributed by atoms with E-state index < -0.39 is 11.0 Å². The van der Waals surface area contributed by atoms with Crippen LogP contribution in [0, 0.1) is 10.1 Å². The second-order valence-corrected chi connectivity index (χ2v) is 6.48. The minimum atomic E-state index is -0.610. The number of rotatable bonds is 6. The summed E-state index contributed by atoms with van der Waals surface area (Å²) >= 11 is 0. The maximum atomic E-state index is 10.7. The van der Waals surface area contributed by atoms with E-state index in [-0.39, 0.29) is 12.2 Å². The third-order valence-corrected chi connectivity index (χ3v) is 4.65. The van der Waals surface area contributed by atoms with Crippen molar-refractivity contribution < 1.29 is 10.0 Å². The molecule has 1 aliphatic rings. The first-order valence-electron chi connectivity index (χ1n) is 8.17. The number of hydrogen-bond donors (Lipinski definition) is 1. The van der Waals surface area contributed by atoms with Crippen molar-refractivity contribution >= 4 is 5.69 Å². The van der Waals surface area contributed by atoms with E-state index in [1.807, 2.05) is 6.07 Å². The van der Waals surface area contributed by atoms with Crippen LogP contribution in [0.2, 0.25) is 0 Å². The zero-order valence-electron chi connectivity index (χ0n) is 13.7. The number of aliphatic hydroxyl groups excluding tert-OH is 1. The Balaban J connectivity index is 1.56. The number of likely N-dealkylation sites (tertiary alicyclic amines) is 1. The van der Waals surface area contributed by atoms with Crippen LogP contribution in [0.1, 0.15) is 24.8 Å². The zero-order valence-corrected chi connectivity index (χ0v) is 13.7. The second kappa shape index (κ2) is 7.11. The fourth-order valence-corrected chi connectivity index (χ4v) is 3.41. The smallest absolute Gasteiger partial charge is 0.306 e. The van der Waals surface area contributed by atoms with Gasteiger partial charge in [-0.25, -0.2) is 0 Å². The highest BCUT2D eigenvalue weighted by molar-refractivity contribution is 5.22. The van der Waals surface area contributed by atoms with Crippen LogP contribution in [0.15, 0.2) is 42.7 Å². The van der Waals surface area contributed by atoms with Gasteiger partial charge >= 0.3 is 5.69 Å². The van der Waals surface area contributed by atoms with Crippen LogP contribution >= 0.6 is 0 Å². The van der Waals surface area contributed by atoms with E-state index in [2.05, 4.69) is 41.2 Å². The summed E-state index contributed by atoms with van der Waals surface area (Å²) in [5.41, 5.74) is 1.28. The summed E-state index contributed by atoms with van der Waals surface area (Å²) in [6, 6.07) is 10.8. The van der Waals surface area contributed by atoms with E-state index in [1.54, 1.807) is 0 Å². The summed E-state index contributed by atoms with van der Waals surface area (Å²) in [6.45, 7) is 3.89. The van der Waals surface area contributed by atoms with Crippen molar-refractivity contribution in [3.63, 3.8) is 0 Å². The molecule has 1 aromatic carbocycles. The topological polar surface area (TPSA) is 84.4 Å². The van der Waals surface area contributed by atoms with Gasteiger partial charge in [-0.15, -0.1) is 0 Å². The van der Waals surface area contributed by atoms with Crippen molar-refractivity contribution in [2.75, 3.05) is 13.1 Å². The highest BCUT2D eigenvalue weighted by Crippen LogP contribution is 2.31. The summed E-state index contributed by atoms with van der Waals surface area (Å²) in [5.74, 6) is 0.485. The van der Waals surface area contributed by atoms with Crippen molar-refractivity contribution in [1.29, 1.82) is 0 Å². The third kappa shape index (κ3) is 3.80. The fraction of sp³-hybridized carbons (Fsp3) is 0.471. The van der Waals surface area contributed by atoms with Crippen LogP contribution in [0.4, 0.5) is 5.69 Å². The number of benzene rings is 1.